The molecule has 86 valence electrons. The van der Waals surface area contributed by atoms with E-state index in [1.165, 1.54) is 4.68 Å². The Morgan fingerprint density at radius 1 is 1.75 bits per heavy atom. The first-order chi connectivity index (χ1) is 7.47. The number of carbonyl (C=O) groups excluding carboxylic acids is 1. The van der Waals surface area contributed by atoms with E-state index in [-0.39, 0.29) is 11.9 Å². The van der Waals surface area contributed by atoms with Gasteiger partial charge in [0, 0.05) is 19.5 Å². The van der Waals surface area contributed by atoms with Crippen LogP contribution in [0.25, 0.3) is 0 Å². The van der Waals surface area contributed by atoms with Gasteiger partial charge in [-0.15, -0.1) is 12.3 Å². The normalized spacial score (nSPS) is 11.9. The maximum absolute atomic E-state index is 11.9. The van der Waals surface area contributed by atoms with E-state index in [1.54, 1.807) is 14.0 Å². The Balaban J connectivity index is 2.85. The van der Waals surface area contributed by atoms with Gasteiger partial charge in [-0.3, -0.25) is 9.48 Å². The van der Waals surface area contributed by atoms with Crippen LogP contribution in [0.4, 0.5) is 5.69 Å². The van der Waals surface area contributed by atoms with Crippen molar-refractivity contribution in [3.63, 3.8) is 0 Å². The van der Waals surface area contributed by atoms with Crippen LogP contribution in [0.3, 0.4) is 0 Å². The summed E-state index contributed by atoms with van der Waals surface area (Å²) in [7, 11) is 1.68. The molecule has 3 N–H and O–H groups in total. The molecule has 0 aliphatic carbocycles. The number of nitrogens with zero attached hydrogens (tertiary/aromatic N) is 2. The largest absolute Gasteiger partial charge is 0.395 e. The van der Waals surface area contributed by atoms with Crippen LogP contribution in [0, 0.1) is 19.3 Å². The molecular weight excluding hydrogens is 204 g/mol. The van der Waals surface area contributed by atoms with Gasteiger partial charge in [-0.25, -0.2) is 0 Å². The molecule has 0 spiro atoms. The smallest absolute Gasteiger partial charge is 0.271 e. The van der Waals surface area contributed by atoms with E-state index in [0.29, 0.717) is 23.5 Å². The fourth-order valence-electron chi connectivity index (χ4n) is 1.46. The molecule has 0 bridgehead atoms. The van der Waals surface area contributed by atoms with Gasteiger partial charge in [-0.2, -0.15) is 5.10 Å². The van der Waals surface area contributed by atoms with Crippen molar-refractivity contribution in [2.75, 3.05) is 5.73 Å². The molecule has 0 radical (unpaired) electrons. The summed E-state index contributed by atoms with van der Waals surface area (Å²) >= 11 is 0. The molecule has 1 atom stereocenters. The lowest BCUT2D eigenvalue weighted by Crippen LogP contribution is -2.33. The highest BCUT2D eigenvalue weighted by Gasteiger charge is 2.18. The van der Waals surface area contributed by atoms with Gasteiger partial charge in [0.2, 0.25) is 0 Å². The van der Waals surface area contributed by atoms with Gasteiger partial charge in [0.05, 0.1) is 11.4 Å². The van der Waals surface area contributed by atoms with Gasteiger partial charge in [-0.1, -0.05) is 0 Å². The third-order valence-electron chi connectivity index (χ3n) is 2.29. The van der Waals surface area contributed by atoms with Crippen LogP contribution >= 0.6 is 0 Å². The molecule has 16 heavy (non-hydrogen) atoms. The summed E-state index contributed by atoms with van der Waals surface area (Å²) in [6.07, 6.45) is 5.65. The van der Waals surface area contributed by atoms with Gasteiger partial charge in [0.25, 0.3) is 5.91 Å². The SMILES string of the molecule is C#CCC(C)NC(=O)c1c(N)c(C)nn1C. The molecule has 1 unspecified atom stereocenters. The van der Waals surface area contributed by atoms with Crippen molar-refractivity contribution in [1.29, 1.82) is 0 Å². The summed E-state index contributed by atoms with van der Waals surface area (Å²) in [5.74, 6) is 2.24. The quantitative estimate of drug-likeness (QED) is 0.726. The molecule has 1 aromatic heterocycles. The Kier molecular flexibility index (Phi) is 3.56. The van der Waals surface area contributed by atoms with Gasteiger partial charge in [-0.05, 0) is 13.8 Å². The number of anilines is 1. The lowest BCUT2D eigenvalue weighted by molar-refractivity contribution is 0.0932. The minimum atomic E-state index is -0.247. The molecule has 1 aromatic rings. The molecule has 0 saturated carbocycles. The predicted molar refractivity (Wildman–Crippen MR) is 62.7 cm³/mol. The van der Waals surface area contributed by atoms with Crippen molar-refractivity contribution in [2.24, 2.45) is 7.05 Å². The average Bonchev–Trinajstić information content (AvgIpc) is 2.41. The standard InChI is InChI=1S/C11H16N4O/c1-5-6-7(2)13-11(16)10-9(12)8(3)14-15(10)4/h1,7H,6,12H2,2-4H3,(H,13,16). The molecule has 0 fully saturated rings. The van der Waals surface area contributed by atoms with E-state index in [1.807, 2.05) is 6.92 Å². The van der Waals surface area contributed by atoms with E-state index in [9.17, 15) is 4.79 Å². The zero-order chi connectivity index (χ0) is 12.3. The zero-order valence-corrected chi connectivity index (χ0v) is 9.74. The molecule has 0 aliphatic rings. The first-order valence-electron chi connectivity index (χ1n) is 5.00. The fraction of sp³-hybridized carbons (Fsp3) is 0.455. The van der Waals surface area contributed by atoms with Crippen LogP contribution in [0.15, 0.2) is 0 Å². The van der Waals surface area contributed by atoms with Crippen LogP contribution in [0.5, 0.6) is 0 Å². The summed E-state index contributed by atoms with van der Waals surface area (Å²) in [4.78, 5) is 11.9. The number of aryl methyl sites for hydroxylation is 2. The molecule has 5 heteroatoms. The zero-order valence-electron chi connectivity index (χ0n) is 9.74. The topological polar surface area (TPSA) is 72.9 Å². The van der Waals surface area contributed by atoms with E-state index >= 15 is 0 Å². The second-order valence-corrected chi connectivity index (χ2v) is 3.75. The van der Waals surface area contributed by atoms with Crippen molar-refractivity contribution in [3.05, 3.63) is 11.4 Å². The van der Waals surface area contributed by atoms with Crippen molar-refractivity contribution < 1.29 is 4.79 Å². The fourth-order valence-corrected chi connectivity index (χ4v) is 1.46. The van der Waals surface area contributed by atoms with E-state index in [4.69, 9.17) is 12.2 Å². The van der Waals surface area contributed by atoms with E-state index in [0.717, 1.165) is 0 Å². The molecule has 0 aromatic carbocycles. The van der Waals surface area contributed by atoms with Gasteiger partial charge >= 0.3 is 0 Å². The summed E-state index contributed by atoms with van der Waals surface area (Å²) in [5, 5.41) is 6.85. The number of nitrogens with one attached hydrogen (secondary N) is 1. The minimum absolute atomic E-state index is 0.0768. The first-order valence-corrected chi connectivity index (χ1v) is 5.00. The number of amides is 1. The third-order valence-corrected chi connectivity index (χ3v) is 2.29. The number of nitrogen functional groups attached to an aromatic ring is 1. The molecule has 1 rings (SSSR count). The highest BCUT2D eigenvalue weighted by atomic mass is 16.2. The number of hydrogen-bond donors (Lipinski definition) is 2. The van der Waals surface area contributed by atoms with Gasteiger partial charge < -0.3 is 11.1 Å². The Labute approximate surface area is 95.0 Å². The Hall–Kier alpha value is -1.96. The van der Waals surface area contributed by atoms with E-state index < -0.39 is 0 Å². The van der Waals surface area contributed by atoms with Crippen molar-refractivity contribution in [3.8, 4) is 12.3 Å². The number of rotatable bonds is 3. The Morgan fingerprint density at radius 3 is 2.81 bits per heavy atom. The van der Waals surface area contributed by atoms with Gasteiger partial charge in [0.15, 0.2) is 0 Å². The predicted octanol–water partition coefficient (Wildman–Crippen LogP) is 0.452. The van der Waals surface area contributed by atoms with Crippen LogP contribution < -0.4 is 11.1 Å². The first kappa shape index (κ1) is 12.1. The van der Waals surface area contributed by atoms with Crippen molar-refractivity contribution >= 4 is 11.6 Å². The molecule has 5 nitrogen and oxygen atoms in total. The third kappa shape index (κ3) is 2.34. The molecule has 1 amide bonds. The lowest BCUT2D eigenvalue weighted by atomic mass is 10.2. The van der Waals surface area contributed by atoms with Crippen LogP contribution in [0.2, 0.25) is 0 Å². The number of aromatic nitrogens is 2. The highest BCUT2D eigenvalue weighted by molar-refractivity contribution is 5.98. The molecular formula is C11H16N4O. The van der Waals surface area contributed by atoms with Crippen molar-refractivity contribution in [1.82, 2.24) is 15.1 Å². The Morgan fingerprint density at radius 2 is 2.38 bits per heavy atom. The summed E-state index contributed by atoms with van der Waals surface area (Å²) in [5.41, 5.74) is 7.21. The second-order valence-electron chi connectivity index (χ2n) is 3.75. The number of terminal acetylenes is 1. The number of carbonyl (C=O) groups is 1. The summed E-state index contributed by atoms with van der Waals surface area (Å²) in [6.45, 7) is 3.61. The van der Waals surface area contributed by atoms with Gasteiger partial charge in [0.1, 0.15) is 5.69 Å². The van der Waals surface area contributed by atoms with Crippen LogP contribution in [0.1, 0.15) is 29.5 Å². The molecule has 0 aliphatic heterocycles. The van der Waals surface area contributed by atoms with E-state index in [2.05, 4.69) is 16.3 Å². The molecule has 1 heterocycles. The summed E-state index contributed by atoms with van der Waals surface area (Å²) in [6, 6.07) is -0.0768. The summed E-state index contributed by atoms with van der Waals surface area (Å²) < 4.78 is 1.47. The van der Waals surface area contributed by atoms with Crippen LogP contribution in [-0.4, -0.2) is 21.7 Å². The highest BCUT2D eigenvalue weighted by Crippen LogP contribution is 2.15. The number of nitrogens with two attached hydrogens (primary N) is 1. The minimum Gasteiger partial charge on any atom is -0.395 e. The average molecular weight is 220 g/mol. The lowest BCUT2D eigenvalue weighted by Gasteiger charge is -2.11. The maximum atomic E-state index is 11.9. The van der Waals surface area contributed by atoms with Crippen LogP contribution in [-0.2, 0) is 7.05 Å². The maximum Gasteiger partial charge on any atom is 0.271 e. The molecule has 0 saturated heterocycles. The second kappa shape index (κ2) is 4.71. The van der Waals surface area contributed by atoms with Crippen molar-refractivity contribution in [2.45, 2.75) is 26.3 Å². The number of hydrogen-bond acceptors (Lipinski definition) is 3. The Bertz CT molecular complexity index is 442. The monoisotopic (exact) mass is 220 g/mol.